The van der Waals surface area contributed by atoms with Gasteiger partial charge in [-0.1, -0.05) is 0 Å². The lowest BCUT2D eigenvalue weighted by molar-refractivity contribution is 1.38. The zero-order chi connectivity index (χ0) is 6.41. The molecule has 5 heteroatoms. The zero-order valence-electron chi connectivity index (χ0n) is 3.92. The fourth-order valence-electron chi connectivity index (χ4n) is 0.134. The van der Waals surface area contributed by atoms with E-state index in [1.807, 2.05) is 0 Å². The van der Waals surface area contributed by atoms with Gasteiger partial charge in [-0.15, -0.1) is 9.98 Å². The second-order valence-electron chi connectivity index (χ2n) is 0.794. The third-order valence-corrected chi connectivity index (χ3v) is 0.335. The minimum absolute atomic E-state index is 0.248. The van der Waals surface area contributed by atoms with E-state index in [0.717, 1.165) is 0 Å². The summed E-state index contributed by atoms with van der Waals surface area (Å²) in [6.45, 7) is 0. The molecule has 3 N–H and O–H groups in total. The molecule has 0 heterocycles. The van der Waals surface area contributed by atoms with E-state index in [1.54, 1.807) is 6.01 Å². The highest BCUT2D eigenvalue weighted by atomic mass is 15.0. The van der Waals surface area contributed by atoms with Crippen LogP contribution in [0, 0.1) is 16.9 Å². The van der Waals surface area contributed by atoms with Crippen LogP contribution in [-0.4, -0.2) is 12.0 Å². The summed E-state index contributed by atoms with van der Waals surface area (Å²) in [5.41, 5.74) is 4.87. The highest BCUT2D eigenvalue weighted by Crippen LogP contribution is 1.64. The molecule has 0 aliphatic rings. The third kappa shape index (κ3) is 2.57. The second kappa shape index (κ2) is 3.53. The number of guanidine groups is 1. The molecule has 0 rings (SSSR count). The molecule has 0 unspecified atom stereocenters. The van der Waals surface area contributed by atoms with Crippen LogP contribution in [0.15, 0.2) is 9.98 Å². The standard InChI is InChI=1S/C3H3N5/c4-1-7-3(6)8-2-5/h4H,(H2,6,8). The van der Waals surface area contributed by atoms with Crippen molar-refractivity contribution in [3.05, 3.63) is 0 Å². The van der Waals surface area contributed by atoms with Gasteiger partial charge in [-0.3, -0.25) is 0 Å². The Morgan fingerprint density at radius 2 is 2.38 bits per heavy atom. The van der Waals surface area contributed by atoms with Crippen LogP contribution in [0.1, 0.15) is 0 Å². The number of nitriles is 1. The summed E-state index contributed by atoms with van der Waals surface area (Å²) in [7, 11) is 0. The fraction of sp³-hybridized carbons (Fsp3) is 0. The normalized spacial score (nSPS) is 9.12. The molecular weight excluding hydrogens is 106 g/mol. The molecule has 0 amide bonds. The Morgan fingerprint density at radius 3 is 2.75 bits per heavy atom. The van der Waals surface area contributed by atoms with Crippen molar-refractivity contribution in [2.75, 3.05) is 0 Å². The maximum Gasteiger partial charge on any atom is 0.240 e. The molecule has 0 saturated heterocycles. The van der Waals surface area contributed by atoms with E-state index in [4.69, 9.17) is 16.4 Å². The van der Waals surface area contributed by atoms with Gasteiger partial charge < -0.3 is 5.73 Å². The average Bonchev–Trinajstić information content (AvgIpc) is 1.68. The molecule has 0 atom stereocenters. The second-order valence-corrected chi connectivity index (χ2v) is 0.794. The SMILES string of the molecule is N#CN=C(N)N=C=N. The quantitative estimate of drug-likeness (QED) is 0.250. The lowest BCUT2D eigenvalue weighted by Crippen LogP contribution is -2.06. The Bertz CT molecular complexity index is 178. The monoisotopic (exact) mass is 109 g/mol. The lowest BCUT2D eigenvalue weighted by Gasteiger charge is -1.75. The number of hydrogen-bond donors (Lipinski definition) is 2. The first-order valence-electron chi connectivity index (χ1n) is 1.66. The highest BCUT2D eigenvalue weighted by molar-refractivity contribution is 5.83. The largest absolute Gasteiger partial charge is 0.367 e. The Morgan fingerprint density at radius 1 is 1.75 bits per heavy atom. The first-order chi connectivity index (χ1) is 3.81. The van der Waals surface area contributed by atoms with Crippen molar-refractivity contribution in [1.82, 2.24) is 0 Å². The van der Waals surface area contributed by atoms with Crippen molar-refractivity contribution in [3.63, 3.8) is 0 Å². The van der Waals surface area contributed by atoms with Crippen LogP contribution in [0.25, 0.3) is 0 Å². The number of hydrogen-bond acceptors (Lipinski definition) is 3. The molecular formula is C3H3N5. The van der Waals surface area contributed by atoms with Gasteiger partial charge in [-0.25, -0.2) is 5.41 Å². The molecule has 0 saturated carbocycles. The van der Waals surface area contributed by atoms with Gasteiger partial charge in [-0.05, 0) is 0 Å². The van der Waals surface area contributed by atoms with Gasteiger partial charge >= 0.3 is 0 Å². The number of aliphatic imine (C=N–C) groups is 2. The Labute approximate surface area is 45.7 Å². The Hall–Kier alpha value is -1.66. The van der Waals surface area contributed by atoms with E-state index in [-0.39, 0.29) is 5.96 Å². The van der Waals surface area contributed by atoms with Gasteiger partial charge in [0.05, 0.1) is 6.01 Å². The van der Waals surface area contributed by atoms with E-state index >= 15 is 0 Å². The first kappa shape index (κ1) is 6.34. The van der Waals surface area contributed by atoms with E-state index in [2.05, 4.69) is 9.98 Å². The van der Waals surface area contributed by atoms with E-state index in [0.29, 0.717) is 0 Å². The van der Waals surface area contributed by atoms with Crippen LogP contribution < -0.4 is 5.73 Å². The van der Waals surface area contributed by atoms with Crippen LogP contribution in [0.2, 0.25) is 0 Å². The Kier molecular flexibility index (Phi) is 2.80. The van der Waals surface area contributed by atoms with Gasteiger partial charge in [0.2, 0.25) is 12.2 Å². The predicted octanol–water partition coefficient (Wildman–Crippen LogP) is -0.465. The maximum absolute atomic E-state index is 7.80. The summed E-state index contributed by atoms with van der Waals surface area (Å²) < 4.78 is 0. The van der Waals surface area contributed by atoms with Gasteiger partial charge in [0, 0.05) is 0 Å². The Balaban J connectivity index is 4.06. The van der Waals surface area contributed by atoms with E-state index in [1.165, 1.54) is 6.19 Å². The summed E-state index contributed by atoms with van der Waals surface area (Å²) in [5, 5.41) is 14.0. The zero-order valence-corrected chi connectivity index (χ0v) is 3.92. The topological polar surface area (TPSA) is 98.4 Å². The number of nitrogens with two attached hydrogens (primary N) is 1. The van der Waals surface area contributed by atoms with Crippen LogP contribution in [-0.2, 0) is 0 Å². The molecule has 0 aliphatic carbocycles. The van der Waals surface area contributed by atoms with Crippen LogP contribution in [0.4, 0.5) is 0 Å². The highest BCUT2D eigenvalue weighted by Gasteiger charge is 1.77. The molecule has 0 fully saturated rings. The first-order valence-corrected chi connectivity index (χ1v) is 1.66. The summed E-state index contributed by atoms with van der Waals surface area (Å²) in [5.74, 6) is -0.248. The van der Waals surface area contributed by atoms with Crippen molar-refractivity contribution in [2.45, 2.75) is 0 Å². The van der Waals surface area contributed by atoms with Crippen LogP contribution in [0.3, 0.4) is 0 Å². The van der Waals surface area contributed by atoms with Gasteiger partial charge in [0.25, 0.3) is 0 Å². The summed E-state index contributed by atoms with van der Waals surface area (Å²) in [4.78, 5) is 6.00. The van der Waals surface area contributed by atoms with Crippen molar-refractivity contribution in [3.8, 4) is 6.19 Å². The molecule has 0 aromatic rings. The molecule has 5 nitrogen and oxygen atoms in total. The predicted molar refractivity (Wildman–Crippen MR) is 27.4 cm³/mol. The van der Waals surface area contributed by atoms with Gasteiger partial charge in [0.15, 0.2) is 0 Å². The maximum atomic E-state index is 7.80. The van der Waals surface area contributed by atoms with Crippen molar-refractivity contribution in [1.29, 1.82) is 10.7 Å². The smallest absolute Gasteiger partial charge is 0.240 e. The molecule has 0 radical (unpaired) electrons. The third-order valence-electron chi connectivity index (χ3n) is 0.335. The molecule has 0 spiro atoms. The molecule has 0 aliphatic heterocycles. The fourth-order valence-corrected chi connectivity index (χ4v) is 0.134. The summed E-state index contributed by atoms with van der Waals surface area (Å²) in [6.07, 6.45) is 1.40. The molecule has 0 aromatic carbocycles. The number of nitrogens with zero attached hydrogens (tertiary/aromatic N) is 3. The minimum atomic E-state index is -0.248. The van der Waals surface area contributed by atoms with Gasteiger partial charge in [0.1, 0.15) is 0 Å². The van der Waals surface area contributed by atoms with Crippen LogP contribution in [0.5, 0.6) is 0 Å². The lowest BCUT2D eigenvalue weighted by atomic mass is 11.0. The number of nitrogens with one attached hydrogen (secondary N) is 1. The van der Waals surface area contributed by atoms with Crippen molar-refractivity contribution >= 4 is 12.0 Å². The van der Waals surface area contributed by atoms with Gasteiger partial charge in [-0.2, -0.15) is 5.26 Å². The average molecular weight is 109 g/mol. The molecule has 0 aromatic heterocycles. The van der Waals surface area contributed by atoms with Crippen LogP contribution >= 0.6 is 0 Å². The van der Waals surface area contributed by atoms with Crippen molar-refractivity contribution < 1.29 is 0 Å². The van der Waals surface area contributed by atoms with E-state index in [9.17, 15) is 0 Å². The molecule has 0 bridgehead atoms. The number of rotatable bonds is 0. The summed E-state index contributed by atoms with van der Waals surface area (Å²) in [6, 6.07) is 1.62. The molecule has 8 heavy (non-hydrogen) atoms. The molecule has 40 valence electrons. The van der Waals surface area contributed by atoms with Crippen molar-refractivity contribution in [2.24, 2.45) is 15.7 Å². The summed E-state index contributed by atoms with van der Waals surface area (Å²) >= 11 is 0. The minimum Gasteiger partial charge on any atom is -0.367 e. The van der Waals surface area contributed by atoms with E-state index < -0.39 is 0 Å².